The molecule has 0 bridgehead atoms. The lowest BCUT2D eigenvalue weighted by Gasteiger charge is -2.20. The Kier molecular flexibility index (Phi) is 7.18. The first kappa shape index (κ1) is 21.5. The number of carbonyl (C=O) groups excluding carboxylic acids is 3. The van der Waals surface area contributed by atoms with Crippen LogP contribution in [0.15, 0.2) is 24.3 Å². The van der Waals surface area contributed by atoms with Crippen molar-refractivity contribution in [3.63, 3.8) is 0 Å². The average Bonchev–Trinajstić information content (AvgIpc) is 2.49. The molecule has 7 heteroatoms. The van der Waals surface area contributed by atoms with Gasteiger partial charge in [0, 0.05) is 17.6 Å². The summed E-state index contributed by atoms with van der Waals surface area (Å²) in [7, 11) is 0. The molecule has 1 aromatic rings. The highest BCUT2D eigenvalue weighted by Gasteiger charge is 2.22. The largest absolute Gasteiger partial charge is 0.444 e. The zero-order chi connectivity index (χ0) is 20.0. The molecule has 7 nitrogen and oxygen atoms in total. The fourth-order valence-corrected chi connectivity index (χ4v) is 1.83. The smallest absolute Gasteiger partial charge is 0.408 e. The van der Waals surface area contributed by atoms with Gasteiger partial charge in [0.2, 0.25) is 11.8 Å². The van der Waals surface area contributed by atoms with Crippen molar-refractivity contribution in [3.05, 3.63) is 29.8 Å². The lowest BCUT2D eigenvalue weighted by molar-refractivity contribution is -0.123. The molecule has 0 saturated carbocycles. The second kappa shape index (κ2) is 8.69. The van der Waals surface area contributed by atoms with E-state index in [9.17, 15) is 14.4 Å². The monoisotopic (exact) mass is 363 g/mol. The second-order valence-corrected chi connectivity index (χ2v) is 7.99. The van der Waals surface area contributed by atoms with Gasteiger partial charge in [0.25, 0.3) is 0 Å². The molecule has 0 aliphatic heterocycles. The minimum Gasteiger partial charge on any atom is -0.444 e. The summed E-state index contributed by atoms with van der Waals surface area (Å²) in [5, 5.41) is 7.98. The molecule has 3 amide bonds. The predicted molar refractivity (Wildman–Crippen MR) is 101 cm³/mol. The summed E-state index contributed by atoms with van der Waals surface area (Å²) in [6.45, 7) is 10.8. The fraction of sp³-hybridized carbons (Fsp3) is 0.526. The fourth-order valence-electron chi connectivity index (χ4n) is 1.83. The van der Waals surface area contributed by atoms with Crippen molar-refractivity contribution in [2.75, 3.05) is 11.9 Å². The van der Waals surface area contributed by atoms with Crippen LogP contribution in [0.25, 0.3) is 0 Å². The highest BCUT2D eigenvalue weighted by Crippen LogP contribution is 2.20. The number of ether oxygens (including phenoxy) is 1. The summed E-state index contributed by atoms with van der Waals surface area (Å²) in [5.74, 6) is -0.462. The molecule has 0 saturated heterocycles. The Bertz CT molecular complexity index is 657. The Morgan fingerprint density at radius 1 is 0.962 bits per heavy atom. The van der Waals surface area contributed by atoms with E-state index in [1.165, 1.54) is 0 Å². The Labute approximate surface area is 154 Å². The third kappa shape index (κ3) is 8.00. The van der Waals surface area contributed by atoms with Gasteiger partial charge in [-0.05, 0) is 32.4 Å². The van der Waals surface area contributed by atoms with Gasteiger partial charge in [-0.1, -0.05) is 39.0 Å². The van der Waals surface area contributed by atoms with Gasteiger partial charge in [0.1, 0.15) is 12.1 Å². The minimum atomic E-state index is -0.648. The topological polar surface area (TPSA) is 96.5 Å². The van der Waals surface area contributed by atoms with Gasteiger partial charge in [0.15, 0.2) is 0 Å². The number of nitrogens with one attached hydrogen (secondary N) is 3. The number of benzene rings is 1. The van der Waals surface area contributed by atoms with Crippen LogP contribution in [0.5, 0.6) is 0 Å². The summed E-state index contributed by atoms with van der Waals surface area (Å²) in [4.78, 5) is 35.6. The van der Waals surface area contributed by atoms with Crippen LogP contribution in [0.2, 0.25) is 0 Å². The predicted octanol–water partition coefficient (Wildman–Crippen LogP) is 2.81. The average molecular weight is 363 g/mol. The number of hydrogen-bond acceptors (Lipinski definition) is 4. The van der Waals surface area contributed by atoms with Crippen LogP contribution in [0.3, 0.4) is 0 Å². The van der Waals surface area contributed by atoms with E-state index >= 15 is 0 Å². The summed E-state index contributed by atoms with van der Waals surface area (Å²) in [6.07, 6.45) is -0.648. The van der Waals surface area contributed by atoms with Gasteiger partial charge in [-0.2, -0.15) is 0 Å². The Balaban J connectivity index is 2.56. The third-order valence-electron chi connectivity index (χ3n) is 3.21. The molecule has 0 fully saturated rings. The Hall–Kier alpha value is -2.57. The maximum absolute atomic E-state index is 12.2. The number of para-hydroxylation sites is 1. The van der Waals surface area contributed by atoms with Gasteiger partial charge < -0.3 is 20.7 Å². The van der Waals surface area contributed by atoms with Gasteiger partial charge >= 0.3 is 6.09 Å². The number of amides is 3. The molecule has 0 unspecified atom stereocenters. The number of carbonyl (C=O) groups is 3. The standard InChI is InChI=1S/C19H29N3O4/c1-18(2,3)16(24)22-14-10-8-7-9-13(14)11-20-15(23)12-21-17(25)26-19(4,5)6/h7-10H,11-12H2,1-6H3,(H,20,23)(H,21,25)(H,22,24). The van der Waals surface area contributed by atoms with Crippen molar-refractivity contribution in [2.45, 2.75) is 53.7 Å². The Morgan fingerprint density at radius 3 is 2.15 bits per heavy atom. The molecule has 0 heterocycles. The van der Waals surface area contributed by atoms with Crippen LogP contribution in [-0.2, 0) is 20.9 Å². The molecule has 1 rings (SSSR count). The van der Waals surface area contributed by atoms with Crippen LogP contribution in [0, 0.1) is 5.41 Å². The molecule has 1 aromatic carbocycles. The summed E-state index contributed by atoms with van der Waals surface area (Å²) >= 11 is 0. The van der Waals surface area contributed by atoms with Gasteiger partial charge in [-0.3, -0.25) is 9.59 Å². The van der Waals surface area contributed by atoms with Crippen molar-refractivity contribution in [3.8, 4) is 0 Å². The van der Waals surface area contributed by atoms with Crippen molar-refractivity contribution >= 4 is 23.6 Å². The second-order valence-electron chi connectivity index (χ2n) is 7.99. The van der Waals surface area contributed by atoms with Crippen molar-refractivity contribution in [2.24, 2.45) is 5.41 Å². The normalized spacial score (nSPS) is 11.5. The SMILES string of the molecule is CC(C)(C)OC(=O)NCC(=O)NCc1ccccc1NC(=O)C(C)(C)C. The van der Waals surface area contributed by atoms with E-state index in [4.69, 9.17) is 4.74 Å². The molecule has 0 atom stereocenters. The molecular formula is C19H29N3O4. The molecule has 3 N–H and O–H groups in total. The Morgan fingerprint density at radius 2 is 1.58 bits per heavy atom. The quantitative estimate of drug-likeness (QED) is 0.749. The highest BCUT2D eigenvalue weighted by atomic mass is 16.6. The van der Waals surface area contributed by atoms with E-state index in [2.05, 4.69) is 16.0 Å². The molecule has 144 valence electrons. The summed E-state index contributed by atoms with van der Waals surface area (Å²) < 4.78 is 5.07. The van der Waals surface area contributed by atoms with Crippen molar-refractivity contribution < 1.29 is 19.1 Å². The zero-order valence-electron chi connectivity index (χ0n) is 16.4. The number of anilines is 1. The summed E-state index contributed by atoms with van der Waals surface area (Å²) in [5.41, 5.74) is 0.280. The number of rotatable bonds is 5. The molecule has 0 spiro atoms. The first-order valence-corrected chi connectivity index (χ1v) is 8.51. The van der Waals surface area contributed by atoms with E-state index in [-0.39, 0.29) is 24.9 Å². The van der Waals surface area contributed by atoms with Crippen LogP contribution in [-0.4, -0.2) is 30.1 Å². The van der Waals surface area contributed by atoms with Crippen LogP contribution >= 0.6 is 0 Å². The van der Waals surface area contributed by atoms with E-state index in [0.717, 1.165) is 5.56 Å². The first-order valence-electron chi connectivity index (χ1n) is 8.51. The van der Waals surface area contributed by atoms with Gasteiger partial charge in [-0.15, -0.1) is 0 Å². The molecule has 0 aliphatic rings. The van der Waals surface area contributed by atoms with Gasteiger partial charge in [0.05, 0.1) is 0 Å². The van der Waals surface area contributed by atoms with Crippen LogP contribution < -0.4 is 16.0 Å². The molecule has 0 radical (unpaired) electrons. The maximum Gasteiger partial charge on any atom is 0.408 e. The highest BCUT2D eigenvalue weighted by molar-refractivity contribution is 5.95. The van der Waals surface area contributed by atoms with E-state index in [0.29, 0.717) is 5.69 Å². The van der Waals surface area contributed by atoms with Crippen molar-refractivity contribution in [1.29, 1.82) is 0 Å². The molecular weight excluding hydrogens is 334 g/mol. The lowest BCUT2D eigenvalue weighted by Crippen LogP contribution is -2.39. The van der Waals surface area contributed by atoms with Crippen LogP contribution in [0.1, 0.15) is 47.1 Å². The van der Waals surface area contributed by atoms with Crippen LogP contribution in [0.4, 0.5) is 10.5 Å². The zero-order valence-corrected chi connectivity index (χ0v) is 16.4. The van der Waals surface area contributed by atoms with E-state index < -0.39 is 17.1 Å². The summed E-state index contributed by atoms with van der Waals surface area (Å²) in [6, 6.07) is 7.24. The van der Waals surface area contributed by atoms with Crippen molar-refractivity contribution in [1.82, 2.24) is 10.6 Å². The third-order valence-corrected chi connectivity index (χ3v) is 3.21. The number of hydrogen-bond donors (Lipinski definition) is 3. The lowest BCUT2D eigenvalue weighted by atomic mass is 9.95. The molecule has 26 heavy (non-hydrogen) atoms. The molecule has 0 aliphatic carbocycles. The minimum absolute atomic E-state index is 0.108. The molecule has 0 aromatic heterocycles. The van der Waals surface area contributed by atoms with Gasteiger partial charge in [-0.25, -0.2) is 4.79 Å². The number of alkyl carbamates (subject to hydrolysis) is 1. The van der Waals surface area contributed by atoms with E-state index in [1.54, 1.807) is 26.8 Å². The maximum atomic E-state index is 12.2. The first-order chi connectivity index (χ1) is 11.9. The van der Waals surface area contributed by atoms with E-state index in [1.807, 2.05) is 39.0 Å².